The van der Waals surface area contributed by atoms with Crippen molar-refractivity contribution in [1.29, 1.82) is 0 Å². The second kappa shape index (κ2) is 9.47. The van der Waals surface area contributed by atoms with E-state index in [9.17, 15) is 10.2 Å². The van der Waals surface area contributed by atoms with E-state index in [1.165, 1.54) is 25.7 Å². The lowest BCUT2D eigenvalue weighted by Crippen LogP contribution is -2.26. The highest BCUT2D eigenvalue weighted by atomic mass is 127. The van der Waals surface area contributed by atoms with Gasteiger partial charge in [-0.15, -0.1) is 0 Å². The van der Waals surface area contributed by atoms with Gasteiger partial charge in [0.1, 0.15) is 11.5 Å². The topological polar surface area (TPSA) is 40.5 Å². The lowest BCUT2D eigenvalue weighted by molar-refractivity contribution is 0.191. The molecule has 0 heterocycles. The van der Waals surface area contributed by atoms with Crippen LogP contribution in [0, 0.1) is 24.9 Å². The summed E-state index contributed by atoms with van der Waals surface area (Å²) in [7, 11) is 0. The summed E-state index contributed by atoms with van der Waals surface area (Å²) >= 11 is 4.57. The molecule has 0 bridgehead atoms. The molecule has 1 aromatic rings. The van der Waals surface area contributed by atoms with Crippen LogP contribution in [-0.4, -0.2) is 10.2 Å². The predicted molar refractivity (Wildman–Crippen MR) is 123 cm³/mol. The van der Waals surface area contributed by atoms with Crippen LogP contribution in [0.5, 0.6) is 11.5 Å². The van der Waals surface area contributed by atoms with Gasteiger partial charge in [-0.25, -0.2) is 0 Å². The van der Waals surface area contributed by atoms with Crippen molar-refractivity contribution in [2.75, 3.05) is 0 Å². The smallest absolute Gasteiger partial charge is 0.136 e. The maximum absolute atomic E-state index is 11.0. The molecule has 2 rings (SSSR count). The third-order valence-corrected chi connectivity index (χ3v) is 8.20. The molecule has 1 aliphatic rings. The van der Waals surface area contributed by atoms with E-state index in [0.717, 1.165) is 37.5 Å². The normalized spacial score (nSPS) is 24.0. The fraction of sp³-hybridized carbons (Fsp3) is 0.714. The number of phenolic OH excluding ortho intramolecular Hbond substituents is 2. The van der Waals surface area contributed by atoms with Gasteiger partial charge in [0.2, 0.25) is 0 Å². The van der Waals surface area contributed by atoms with E-state index >= 15 is 0 Å². The number of hydrogen-bond acceptors (Lipinski definition) is 2. The number of halogens is 2. The summed E-state index contributed by atoms with van der Waals surface area (Å²) in [6, 6.07) is 0. The minimum absolute atomic E-state index is 0.260. The minimum atomic E-state index is 0.260. The molecule has 0 spiro atoms. The van der Waals surface area contributed by atoms with Gasteiger partial charge in [0.15, 0.2) is 0 Å². The lowest BCUT2D eigenvalue weighted by atomic mass is 9.67. The van der Waals surface area contributed by atoms with Crippen molar-refractivity contribution in [3.63, 3.8) is 0 Å². The average molecular weight is 570 g/mol. The largest absolute Gasteiger partial charge is 0.506 e. The maximum Gasteiger partial charge on any atom is 0.136 e. The van der Waals surface area contributed by atoms with Gasteiger partial charge in [-0.1, -0.05) is 47.0 Å². The summed E-state index contributed by atoms with van der Waals surface area (Å²) in [6.45, 7) is 9.05. The van der Waals surface area contributed by atoms with Gasteiger partial charge in [-0.2, -0.15) is 0 Å². The highest BCUT2D eigenvalue weighted by Gasteiger charge is 2.36. The molecule has 1 aliphatic carbocycles. The molecule has 0 radical (unpaired) electrons. The van der Waals surface area contributed by atoms with Crippen LogP contribution >= 0.6 is 45.2 Å². The first-order valence-corrected chi connectivity index (χ1v) is 11.9. The van der Waals surface area contributed by atoms with E-state index in [1.807, 2.05) is 0 Å². The summed E-state index contributed by atoms with van der Waals surface area (Å²) in [5.41, 5.74) is 1.94. The first-order valence-electron chi connectivity index (χ1n) is 9.71. The van der Waals surface area contributed by atoms with Crippen molar-refractivity contribution < 1.29 is 10.2 Å². The number of phenols is 2. The lowest BCUT2D eigenvalue weighted by Gasteiger charge is -2.38. The van der Waals surface area contributed by atoms with Crippen LogP contribution in [-0.2, 0) is 6.42 Å². The third kappa shape index (κ3) is 4.77. The summed E-state index contributed by atoms with van der Waals surface area (Å²) in [5.74, 6) is 2.69. The SMILES string of the molecule is CCCCCc1c(I)c(O)c([C@@H]2C[C@H](C)CC[C@H]2C(C)C)c(O)c1I. The van der Waals surface area contributed by atoms with Gasteiger partial charge >= 0.3 is 0 Å². The van der Waals surface area contributed by atoms with Gasteiger partial charge < -0.3 is 10.2 Å². The standard InChI is InChI=1S/C21H32I2O2/c1-5-6-7-8-15-18(22)20(24)17(21(25)19(15)23)16-11-13(4)9-10-14(16)12(2)3/h12-14,16,24-25H,5-11H2,1-4H3/t13-,14+,16-/m1/s1. The Bertz CT molecular complexity index is 569. The molecular weight excluding hydrogens is 538 g/mol. The molecule has 3 atom stereocenters. The molecular formula is C21H32I2O2. The Labute approximate surface area is 180 Å². The summed E-state index contributed by atoms with van der Waals surface area (Å²) < 4.78 is 1.90. The molecule has 142 valence electrons. The fourth-order valence-electron chi connectivity index (χ4n) is 4.39. The van der Waals surface area contributed by atoms with Crippen molar-refractivity contribution in [2.45, 2.75) is 78.6 Å². The molecule has 1 aromatic carbocycles. The molecule has 0 aliphatic heterocycles. The first kappa shape index (κ1) is 21.6. The Kier molecular flexibility index (Phi) is 8.17. The van der Waals surface area contributed by atoms with Crippen molar-refractivity contribution in [3.05, 3.63) is 18.3 Å². The van der Waals surface area contributed by atoms with E-state index in [4.69, 9.17) is 0 Å². The summed E-state index contributed by atoms with van der Waals surface area (Å²) in [4.78, 5) is 0. The number of rotatable bonds is 6. The molecule has 0 amide bonds. The highest BCUT2D eigenvalue weighted by molar-refractivity contribution is 14.1. The molecule has 1 fully saturated rings. The molecule has 2 N–H and O–H groups in total. The Balaban J connectivity index is 2.46. The van der Waals surface area contributed by atoms with E-state index in [-0.39, 0.29) is 5.92 Å². The van der Waals surface area contributed by atoms with Crippen LogP contribution in [0.25, 0.3) is 0 Å². The maximum atomic E-state index is 11.0. The van der Waals surface area contributed by atoms with Crippen molar-refractivity contribution in [2.24, 2.45) is 17.8 Å². The molecule has 1 saturated carbocycles. The van der Waals surface area contributed by atoms with Gasteiger partial charge in [0, 0.05) is 5.56 Å². The van der Waals surface area contributed by atoms with Gasteiger partial charge in [-0.05, 0) is 100 Å². The zero-order chi connectivity index (χ0) is 18.7. The Morgan fingerprint density at radius 3 is 2.16 bits per heavy atom. The second-order valence-corrected chi connectivity index (χ2v) is 10.3. The van der Waals surface area contributed by atoms with Crippen LogP contribution in [0.2, 0.25) is 0 Å². The van der Waals surface area contributed by atoms with E-state index < -0.39 is 0 Å². The van der Waals surface area contributed by atoms with Crippen LogP contribution < -0.4 is 0 Å². The first-order chi connectivity index (χ1) is 11.8. The van der Waals surface area contributed by atoms with Gasteiger partial charge in [-0.3, -0.25) is 0 Å². The van der Waals surface area contributed by atoms with Crippen LogP contribution in [0.4, 0.5) is 0 Å². The molecule has 0 unspecified atom stereocenters. The fourth-order valence-corrected chi connectivity index (χ4v) is 6.56. The minimum Gasteiger partial charge on any atom is -0.506 e. The number of benzene rings is 1. The van der Waals surface area contributed by atoms with Gasteiger partial charge in [0.25, 0.3) is 0 Å². The summed E-state index contributed by atoms with van der Waals surface area (Å²) in [5, 5.41) is 22.0. The van der Waals surface area contributed by atoms with Crippen LogP contribution in [0.15, 0.2) is 0 Å². The molecule has 2 nitrogen and oxygen atoms in total. The number of aromatic hydroxyl groups is 2. The third-order valence-electron chi connectivity index (χ3n) is 5.88. The predicted octanol–water partition coefficient (Wildman–Crippen LogP) is 7.22. The molecule has 4 heteroatoms. The second-order valence-electron chi connectivity index (χ2n) is 8.11. The summed E-state index contributed by atoms with van der Waals surface area (Å²) in [6.07, 6.45) is 7.91. The van der Waals surface area contributed by atoms with E-state index in [2.05, 4.69) is 72.9 Å². The zero-order valence-corrected chi connectivity index (χ0v) is 20.2. The van der Waals surface area contributed by atoms with Crippen molar-refractivity contribution in [1.82, 2.24) is 0 Å². The average Bonchev–Trinajstić information content (AvgIpc) is 2.56. The Morgan fingerprint density at radius 2 is 1.64 bits per heavy atom. The van der Waals surface area contributed by atoms with E-state index in [0.29, 0.717) is 29.3 Å². The van der Waals surface area contributed by atoms with Crippen molar-refractivity contribution >= 4 is 45.2 Å². The van der Waals surface area contributed by atoms with Crippen LogP contribution in [0.3, 0.4) is 0 Å². The number of hydrogen-bond donors (Lipinski definition) is 2. The monoisotopic (exact) mass is 570 g/mol. The molecule has 0 saturated heterocycles. The quantitative estimate of drug-likeness (QED) is 0.280. The zero-order valence-electron chi connectivity index (χ0n) is 15.9. The van der Waals surface area contributed by atoms with Gasteiger partial charge in [0.05, 0.1) is 7.14 Å². The molecule has 25 heavy (non-hydrogen) atoms. The Hall–Kier alpha value is 0.280. The Morgan fingerprint density at radius 1 is 1.04 bits per heavy atom. The van der Waals surface area contributed by atoms with E-state index in [1.54, 1.807) is 0 Å². The highest BCUT2D eigenvalue weighted by Crippen LogP contribution is 2.52. The van der Waals surface area contributed by atoms with Crippen molar-refractivity contribution in [3.8, 4) is 11.5 Å². The molecule has 0 aromatic heterocycles. The number of unbranched alkanes of at least 4 members (excludes halogenated alkanes) is 2. The van der Waals surface area contributed by atoms with Crippen LogP contribution in [0.1, 0.15) is 83.3 Å².